The second kappa shape index (κ2) is 16.5. The van der Waals surface area contributed by atoms with Gasteiger partial charge in [-0.15, -0.1) is 0 Å². The van der Waals surface area contributed by atoms with Crippen LogP contribution in [0.2, 0.25) is 0 Å². The first-order chi connectivity index (χ1) is 28.9. The zero-order chi connectivity index (χ0) is 45.1. The second-order valence-electron chi connectivity index (χ2n) is 22.6. The van der Waals surface area contributed by atoms with Gasteiger partial charge in [0.2, 0.25) is 0 Å². The van der Waals surface area contributed by atoms with Gasteiger partial charge in [0.15, 0.2) is 18.9 Å². The molecule has 3 heterocycles. The summed E-state index contributed by atoms with van der Waals surface area (Å²) >= 11 is 0. The number of carbonyl (C=O) groups is 1. The van der Waals surface area contributed by atoms with Crippen LogP contribution in [0.15, 0.2) is 11.6 Å². The lowest BCUT2D eigenvalue weighted by atomic mass is 9.33. The summed E-state index contributed by atoms with van der Waals surface area (Å²) in [6.07, 6.45) is -8.76. The van der Waals surface area contributed by atoms with Gasteiger partial charge in [-0.05, 0) is 109 Å². The fraction of sp³-hybridized carbons (Fsp3) is 0.935. The molecule has 0 aromatic carbocycles. The number of allylic oxidation sites excluding steroid dienone is 2. The van der Waals surface area contributed by atoms with Crippen LogP contribution < -0.4 is 0 Å². The Morgan fingerprint density at radius 3 is 2.03 bits per heavy atom. The van der Waals surface area contributed by atoms with Crippen LogP contribution in [0.5, 0.6) is 0 Å². The summed E-state index contributed by atoms with van der Waals surface area (Å²) in [4.78, 5) is 13.1. The monoisotopic (exact) mass is 882 g/mol. The van der Waals surface area contributed by atoms with Crippen molar-refractivity contribution in [3.63, 3.8) is 0 Å². The van der Waals surface area contributed by atoms with E-state index in [1.807, 2.05) is 0 Å². The Morgan fingerprint density at radius 2 is 1.34 bits per heavy atom. The van der Waals surface area contributed by atoms with Crippen molar-refractivity contribution < 1.29 is 79.2 Å². The lowest BCUT2D eigenvalue weighted by molar-refractivity contribution is -0.357. The third-order valence-electron chi connectivity index (χ3n) is 18.6. The highest BCUT2D eigenvalue weighted by Crippen LogP contribution is 2.76. The largest absolute Gasteiger partial charge is 0.481 e. The molecule has 16 heteroatoms. The lowest BCUT2D eigenvalue weighted by Crippen LogP contribution is -2.66. The fourth-order valence-electron chi connectivity index (χ4n) is 14.5. The molecular formula is C46H74O16. The minimum Gasteiger partial charge on any atom is -0.481 e. The van der Waals surface area contributed by atoms with Crippen LogP contribution in [-0.4, -0.2) is 158 Å². The van der Waals surface area contributed by atoms with E-state index in [4.69, 9.17) is 28.4 Å². The molecule has 3 saturated heterocycles. The third-order valence-corrected chi connectivity index (χ3v) is 18.6. The summed E-state index contributed by atoms with van der Waals surface area (Å²) in [6.45, 7) is 15.3. The van der Waals surface area contributed by atoms with Crippen molar-refractivity contribution in [2.24, 2.45) is 50.2 Å². The Kier molecular flexibility index (Phi) is 12.5. The van der Waals surface area contributed by atoms with Crippen LogP contribution in [0.1, 0.15) is 113 Å². The minimum absolute atomic E-state index is 0.0261. The fourth-order valence-corrected chi connectivity index (χ4v) is 14.5. The number of hydrogen-bond acceptors (Lipinski definition) is 15. The van der Waals surface area contributed by atoms with Crippen LogP contribution in [0.25, 0.3) is 0 Å². The molecule has 0 aromatic rings. The normalized spacial score (nSPS) is 53.6. The number of carboxylic acid groups (broad SMARTS) is 1. The van der Waals surface area contributed by atoms with Crippen LogP contribution in [0.4, 0.5) is 0 Å². The van der Waals surface area contributed by atoms with Crippen molar-refractivity contribution in [1.29, 1.82) is 0 Å². The summed E-state index contributed by atoms with van der Waals surface area (Å²) in [6, 6.07) is 0. The van der Waals surface area contributed by atoms with Crippen molar-refractivity contribution in [2.45, 2.75) is 199 Å². The number of carboxylic acids is 1. The van der Waals surface area contributed by atoms with Gasteiger partial charge < -0.3 is 74.4 Å². The molecule has 0 aromatic heterocycles. The first-order valence-electron chi connectivity index (χ1n) is 23.1. The molecule has 0 bridgehead atoms. The average Bonchev–Trinajstić information content (AvgIpc) is 3.20. The first-order valence-corrected chi connectivity index (χ1v) is 23.1. The van der Waals surface area contributed by atoms with Crippen LogP contribution in [0.3, 0.4) is 0 Å². The topological polar surface area (TPSA) is 255 Å². The number of ether oxygens (including phenoxy) is 6. The van der Waals surface area contributed by atoms with E-state index in [1.165, 1.54) is 5.57 Å². The van der Waals surface area contributed by atoms with E-state index in [0.717, 1.165) is 51.4 Å². The average molecular weight is 883 g/mol. The molecule has 62 heavy (non-hydrogen) atoms. The van der Waals surface area contributed by atoms with Crippen molar-refractivity contribution in [2.75, 3.05) is 19.8 Å². The van der Waals surface area contributed by atoms with Gasteiger partial charge in [0.25, 0.3) is 0 Å². The quantitative estimate of drug-likeness (QED) is 0.125. The third kappa shape index (κ3) is 7.37. The summed E-state index contributed by atoms with van der Waals surface area (Å²) in [5.41, 5.74) is 0.204. The number of rotatable bonds is 8. The van der Waals surface area contributed by atoms with Gasteiger partial charge in [-0.2, -0.15) is 0 Å². The molecule has 21 atom stereocenters. The van der Waals surface area contributed by atoms with E-state index in [2.05, 4.69) is 54.5 Å². The highest BCUT2D eigenvalue weighted by atomic mass is 16.8. The molecule has 0 spiro atoms. The number of aliphatic carboxylic acids is 1. The number of fused-ring (bicyclic) bond motifs is 7. The summed E-state index contributed by atoms with van der Waals surface area (Å²) < 4.78 is 35.4. The molecule has 9 N–H and O–H groups in total. The summed E-state index contributed by atoms with van der Waals surface area (Å²) in [5.74, 6) is 0.0164. The van der Waals surface area contributed by atoms with E-state index in [0.29, 0.717) is 18.8 Å². The molecular weight excluding hydrogens is 808 g/mol. The molecule has 4 saturated carbocycles. The van der Waals surface area contributed by atoms with Gasteiger partial charge in [-0.1, -0.05) is 60.1 Å². The maximum atomic E-state index is 13.1. The zero-order valence-electron chi connectivity index (χ0n) is 37.5. The number of hydrogen-bond donors (Lipinski definition) is 9. The molecule has 5 aliphatic carbocycles. The number of aliphatic hydroxyl groups is 8. The predicted octanol–water partition coefficient (Wildman–Crippen LogP) is 1.98. The van der Waals surface area contributed by atoms with E-state index in [-0.39, 0.29) is 58.2 Å². The van der Waals surface area contributed by atoms with Crippen molar-refractivity contribution >= 4 is 5.97 Å². The highest BCUT2D eigenvalue weighted by molar-refractivity contribution is 5.76. The molecule has 0 unspecified atom stereocenters. The maximum absolute atomic E-state index is 13.1. The molecule has 7 fully saturated rings. The molecule has 8 rings (SSSR count). The van der Waals surface area contributed by atoms with Gasteiger partial charge in [-0.25, -0.2) is 0 Å². The Morgan fingerprint density at radius 1 is 0.694 bits per heavy atom. The Labute approximate surface area is 364 Å². The summed E-state index contributed by atoms with van der Waals surface area (Å²) in [5, 5.41) is 95.8. The SMILES string of the molecule is CC1(C)CC[C@]2(C(=O)O)CC[C@]3(C)C(=CC[C@@H]4[C@@]5(C)CC[C@H](O[C@@H]6O[C@H](CO[C@@H]7OC[C@H](O)[C@H](O)[C@H]7O[C@@H]7OC[C@@H](O)[C@H](O)[C@H]7O)[C@@H](O)[C@H](O)[C@H]6O)C(C)(C)[C@@H]5CC[C@]43C)[C@@H]2C1. The first kappa shape index (κ1) is 47.2. The molecule has 8 aliphatic rings. The van der Waals surface area contributed by atoms with Gasteiger partial charge in [0, 0.05) is 0 Å². The van der Waals surface area contributed by atoms with Gasteiger partial charge in [0.05, 0.1) is 31.3 Å². The molecule has 3 aliphatic heterocycles. The van der Waals surface area contributed by atoms with Crippen LogP contribution >= 0.6 is 0 Å². The molecule has 354 valence electrons. The van der Waals surface area contributed by atoms with E-state index >= 15 is 0 Å². The second-order valence-corrected chi connectivity index (χ2v) is 22.6. The van der Waals surface area contributed by atoms with E-state index in [9.17, 15) is 50.8 Å². The smallest absolute Gasteiger partial charge is 0.310 e. The minimum atomic E-state index is -1.69. The van der Waals surface area contributed by atoms with Crippen LogP contribution in [-0.2, 0) is 33.2 Å². The molecule has 0 amide bonds. The van der Waals surface area contributed by atoms with Gasteiger partial charge in [-0.3, -0.25) is 4.79 Å². The zero-order valence-corrected chi connectivity index (χ0v) is 37.5. The lowest BCUT2D eigenvalue weighted by Gasteiger charge is -2.71. The summed E-state index contributed by atoms with van der Waals surface area (Å²) in [7, 11) is 0. The van der Waals surface area contributed by atoms with E-state index in [1.54, 1.807) is 0 Å². The maximum Gasteiger partial charge on any atom is 0.310 e. The van der Waals surface area contributed by atoms with Crippen molar-refractivity contribution in [1.82, 2.24) is 0 Å². The number of aliphatic hydroxyl groups excluding tert-OH is 8. The standard InChI is InChI=1S/C46H74O16/c1-41(2)14-16-46(40(55)56)17-15-44(6)22(23(46)18-41)8-9-28-43(5)12-11-29(42(3,4)27(43)10-13-45(28,44)7)61-38-35(54)33(52)32(51)26(60-38)21-59-39-36(31(50)25(48)20-58-39)62-37-34(53)30(49)24(47)19-57-37/h8,23-39,47-54H,9-21H2,1-7H3,(H,55,56)/t23-,24+,25-,26+,27-,28+,29-,30-,31-,32+,33-,34+,35+,36+,37-,38-,39-,43-,44+,45+,46-/m0/s1. The van der Waals surface area contributed by atoms with Gasteiger partial charge >= 0.3 is 5.97 Å². The molecule has 0 radical (unpaired) electrons. The van der Waals surface area contributed by atoms with Crippen molar-refractivity contribution in [3.8, 4) is 0 Å². The Bertz CT molecular complexity index is 1690. The van der Waals surface area contributed by atoms with E-state index < -0.39 is 97.9 Å². The highest BCUT2D eigenvalue weighted by Gasteiger charge is 2.69. The Balaban J connectivity index is 0.961. The predicted molar refractivity (Wildman–Crippen MR) is 219 cm³/mol. The van der Waals surface area contributed by atoms with Gasteiger partial charge in [0.1, 0.15) is 61.0 Å². The van der Waals surface area contributed by atoms with Crippen LogP contribution in [0, 0.1) is 50.2 Å². The molecule has 16 nitrogen and oxygen atoms in total. The Hall–Kier alpha value is -1.35. The van der Waals surface area contributed by atoms with Crippen molar-refractivity contribution in [3.05, 3.63) is 11.6 Å².